The number of hydrogen-bond donors (Lipinski definition) is 0. The maximum absolute atomic E-state index is 2.43. The number of fused-ring (bicyclic) bond motifs is 1. The van der Waals surface area contributed by atoms with Crippen LogP contribution in [0.3, 0.4) is 0 Å². The third kappa shape index (κ3) is 1.94. The Morgan fingerprint density at radius 3 is 2.86 bits per heavy atom. The first-order valence-corrected chi connectivity index (χ1v) is 5.80. The van der Waals surface area contributed by atoms with Gasteiger partial charge in [0.25, 0.3) is 0 Å². The van der Waals surface area contributed by atoms with E-state index in [0.29, 0.717) is 6.04 Å². The quantitative estimate of drug-likeness (QED) is 0.612. The number of nitrogens with zero attached hydrogens (tertiary/aromatic N) is 2. The van der Waals surface area contributed by atoms with Crippen LogP contribution in [0.2, 0.25) is 0 Å². The van der Waals surface area contributed by atoms with Crippen molar-refractivity contribution in [2.24, 2.45) is 0 Å². The van der Waals surface area contributed by atoms with Crippen molar-refractivity contribution in [2.75, 3.05) is 20.6 Å². The van der Waals surface area contributed by atoms with Gasteiger partial charge in [0.15, 0.2) is 0 Å². The molecule has 1 heterocycles. The van der Waals surface area contributed by atoms with Crippen molar-refractivity contribution < 1.29 is 0 Å². The zero-order chi connectivity index (χ0) is 10.1. The molecule has 2 rings (SSSR count). The van der Waals surface area contributed by atoms with Crippen molar-refractivity contribution in [1.82, 2.24) is 8.01 Å². The second kappa shape index (κ2) is 4.16. The first-order chi connectivity index (χ1) is 6.68. The van der Waals surface area contributed by atoms with Crippen LogP contribution in [-0.4, -0.2) is 28.7 Å². The van der Waals surface area contributed by atoms with Crippen LogP contribution >= 0.6 is 22.9 Å². The van der Waals surface area contributed by atoms with Crippen LogP contribution in [0.1, 0.15) is 17.2 Å². The van der Waals surface area contributed by atoms with E-state index in [9.17, 15) is 0 Å². The smallest absolute Gasteiger partial charge is 0.0577 e. The average molecular weight is 302 g/mol. The summed E-state index contributed by atoms with van der Waals surface area (Å²) in [5.41, 5.74) is 2.98. The fourth-order valence-electron chi connectivity index (χ4n) is 1.96. The Hall–Kier alpha value is -0.130. The lowest BCUT2D eigenvalue weighted by Gasteiger charge is -2.22. The van der Waals surface area contributed by atoms with E-state index < -0.39 is 0 Å². The maximum atomic E-state index is 2.43. The molecule has 1 atom stereocenters. The van der Waals surface area contributed by atoms with Gasteiger partial charge >= 0.3 is 0 Å². The van der Waals surface area contributed by atoms with Crippen LogP contribution in [0.25, 0.3) is 0 Å². The molecule has 76 valence electrons. The summed E-state index contributed by atoms with van der Waals surface area (Å²) in [5, 5.41) is 0. The van der Waals surface area contributed by atoms with E-state index >= 15 is 0 Å². The van der Waals surface area contributed by atoms with Crippen LogP contribution in [0, 0.1) is 0 Å². The molecule has 0 saturated carbocycles. The van der Waals surface area contributed by atoms with Gasteiger partial charge in [-0.05, 0) is 25.2 Å². The van der Waals surface area contributed by atoms with E-state index in [2.05, 4.69) is 69.2 Å². The molecule has 0 saturated heterocycles. The predicted molar refractivity (Wildman–Crippen MR) is 67.3 cm³/mol. The van der Waals surface area contributed by atoms with Crippen LogP contribution in [0.15, 0.2) is 24.3 Å². The van der Waals surface area contributed by atoms with Crippen molar-refractivity contribution >= 4 is 22.9 Å². The SMILES string of the molecule is CN(C)CC1c2ccccc2CN1I. The Morgan fingerprint density at radius 1 is 1.43 bits per heavy atom. The summed E-state index contributed by atoms with van der Waals surface area (Å²) in [4.78, 5) is 2.25. The van der Waals surface area contributed by atoms with Gasteiger partial charge in [-0.25, -0.2) is 3.11 Å². The Balaban J connectivity index is 2.25. The van der Waals surface area contributed by atoms with Gasteiger partial charge < -0.3 is 4.90 Å². The van der Waals surface area contributed by atoms with Crippen LogP contribution in [0.4, 0.5) is 0 Å². The standard InChI is InChI=1S/C11H15IN2/c1-13(2)8-11-10-6-4-3-5-9(10)7-14(11)12/h3-6,11H,7-8H2,1-2H3. The molecule has 0 aromatic heterocycles. The van der Waals surface area contributed by atoms with Gasteiger partial charge in [0.05, 0.1) is 6.04 Å². The van der Waals surface area contributed by atoms with E-state index in [-0.39, 0.29) is 0 Å². The number of rotatable bonds is 2. The molecule has 1 aromatic carbocycles. The molecular formula is C11H15IN2. The fourth-order valence-corrected chi connectivity index (χ4v) is 2.80. The van der Waals surface area contributed by atoms with Crippen LogP contribution < -0.4 is 0 Å². The largest absolute Gasteiger partial charge is 0.307 e. The Labute approximate surface area is 99.4 Å². The number of benzene rings is 1. The summed E-state index contributed by atoms with van der Waals surface area (Å²) < 4.78 is 2.39. The minimum Gasteiger partial charge on any atom is -0.307 e. The molecule has 0 amide bonds. The molecule has 2 nitrogen and oxygen atoms in total. The lowest BCUT2D eigenvalue weighted by Crippen LogP contribution is -2.24. The van der Waals surface area contributed by atoms with Gasteiger partial charge in [-0.15, -0.1) is 0 Å². The summed E-state index contributed by atoms with van der Waals surface area (Å²) in [7, 11) is 4.26. The molecule has 14 heavy (non-hydrogen) atoms. The number of likely N-dealkylation sites (N-methyl/N-ethyl adjacent to an activating group) is 1. The molecule has 1 unspecified atom stereocenters. The van der Waals surface area contributed by atoms with Crippen LogP contribution in [0.5, 0.6) is 0 Å². The highest BCUT2D eigenvalue weighted by Gasteiger charge is 2.28. The molecular weight excluding hydrogens is 287 g/mol. The molecule has 0 bridgehead atoms. The molecule has 1 aromatic rings. The predicted octanol–water partition coefficient (Wildman–Crippen LogP) is 2.45. The van der Waals surface area contributed by atoms with Crippen LogP contribution in [-0.2, 0) is 6.54 Å². The monoisotopic (exact) mass is 302 g/mol. The van der Waals surface area contributed by atoms with Gasteiger partial charge in [0, 0.05) is 36.0 Å². The summed E-state index contributed by atoms with van der Waals surface area (Å²) in [6, 6.07) is 9.30. The molecule has 0 radical (unpaired) electrons. The van der Waals surface area contributed by atoms with E-state index in [0.717, 1.165) is 13.1 Å². The third-order valence-corrected chi connectivity index (χ3v) is 3.63. The minimum atomic E-state index is 0.557. The fraction of sp³-hybridized carbons (Fsp3) is 0.455. The molecule has 0 N–H and O–H groups in total. The zero-order valence-corrected chi connectivity index (χ0v) is 10.7. The third-order valence-electron chi connectivity index (χ3n) is 2.61. The van der Waals surface area contributed by atoms with E-state index in [1.54, 1.807) is 0 Å². The summed E-state index contributed by atoms with van der Waals surface area (Å²) in [6.45, 7) is 2.18. The topological polar surface area (TPSA) is 6.48 Å². The van der Waals surface area contributed by atoms with Crippen molar-refractivity contribution in [3.63, 3.8) is 0 Å². The number of hydrogen-bond acceptors (Lipinski definition) is 2. The Bertz CT molecular complexity index is 325. The first kappa shape index (κ1) is 10.4. The molecule has 0 aliphatic carbocycles. The lowest BCUT2D eigenvalue weighted by molar-refractivity contribution is 0.302. The number of halogens is 1. The van der Waals surface area contributed by atoms with Gasteiger partial charge in [-0.2, -0.15) is 0 Å². The second-order valence-electron chi connectivity index (χ2n) is 4.03. The maximum Gasteiger partial charge on any atom is 0.0577 e. The van der Waals surface area contributed by atoms with E-state index in [1.165, 1.54) is 11.1 Å². The second-order valence-corrected chi connectivity index (χ2v) is 5.27. The van der Waals surface area contributed by atoms with Crippen molar-refractivity contribution in [2.45, 2.75) is 12.6 Å². The normalized spacial score (nSPS) is 21.6. The van der Waals surface area contributed by atoms with Gasteiger partial charge in [-0.1, -0.05) is 24.3 Å². The molecule has 1 aliphatic heterocycles. The molecule has 3 heteroatoms. The average Bonchev–Trinajstić information content (AvgIpc) is 2.43. The van der Waals surface area contributed by atoms with Crippen molar-refractivity contribution in [3.05, 3.63) is 35.4 Å². The highest BCUT2D eigenvalue weighted by molar-refractivity contribution is 14.1. The van der Waals surface area contributed by atoms with E-state index in [4.69, 9.17) is 0 Å². The van der Waals surface area contributed by atoms with Gasteiger partial charge in [0.2, 0.25) is 0 Å². The Kier molecular flexibility index (Phi) is 3.09. The molecule has 0 fully saturated rings. The minimum absolute atomic E-state index is 0.557. The van der Waals surface area contributed by atoms with E-state index in [1.807, 2.05) is 0 Å². The molecule has 0 spiro atoms. The highest BCUT2D eigenvalue weighted by Crippen LogP contribution is 2.36. The highest BCUT2D eigenvalue weighted by atomic mass is 127. The summed E-state index contributed by atoms with van der Waals surface area (Å²) >= 11 is 2.43. The lowest BCUT2D eigenvalue weighted by atomic mass is 10.1. The first-order valence-electron chi connectivity index (χ1n) is 4.83. The summed E-state index contributed by atoms with van der Waals surface area (Å²) in [6.07, 6.45) is 0. The van der Waals surface area contributed by atoms with Gasteiger partial charge in [-0.3, -0.25) is 0 Å². The van der Waals surface area contributed by atoms with Gasteiger partial charge in [0.1, 0.15) is 0 Å². The Morgan fingerprint density at radius 2 is 2.14 bits per heavy atom. The summed E-state index contributed by atoms with van der Waals surface area (Å²) in [5.74, 6) is 0. The molecule has 1 aliphatic rings. The zero-order valence-electron chi connectivity index (χ0n) is 8.57. The van der Waals surface area contributed by atoms with Crippen molar-refractivity contribution in [1.29, 1.82) is 0 Å². The van der Waals surface area contributed by atoms with Crippen molar-refractivity contribution in [3.8, 4) is 0 Å².